The minimum atomic E-state index is -0.174. The first-order chi connectivity index (χ1) is 11.1. The van der Waals surface area contributed by atoms with Gasteiger partial charge in [-0.2, -0.15) is 0 Å². The Morgan fingerprint density at radius 3 is 2.43 bits per heavy atom. The van der Waals surface area contributed by atoms with Crippen LogP contribution in [0.5, 0.6) is 0 Å². The lowest BCUT2D eigenvalue weighted by Gasteiger charge is -2.27. The lowest BCUT2D eigenvalue weighted by Crippen LogP contribution is -2.38. The van der Waals surface area contributed by atoms with Crippen molar-refractivity contribution >= 4 is 23.3 Å². The Kier molecular flexibility index (Phi) is 4.49. The molecule has 0 saturated carbocycles. The van der Waals surface area contributed by atoms with Gasteiger partial charge in [0.15, 0.2) is 11.5 Å². The van der Waals surface area contributed by atoms with Gasteiger partial charge in [0.05, 0.1) is 18.9 Å². The van der Waals surface area contributed by atoms with Gasteiger partial charge in [-0.15, -0.1) is 15.0 Å². The highest BCUT2D eigenvalue weighted by Crippen LogP contribution is 2.21. The molecule has 1 aliphatic rings. The molecule has 0 atom stereocenters. The highest BCUT2D eigenvalue weighted by Gasteiger charge is 2.26. The molecule has 2 aromatic rings. The van der Waals surface area contributed by atoms with Crippen LogP contribution in [-0.4, -0.2) is 66.2 Å². The molecular weight excluding hydrogens is 318 g/mol. The highest BCUT2D eigenvalue weighted by atomic mass is 35.5. The fourth-order valence-corrected chi connectivity index (χ4v) is 2.45. The van der Waals surface area contributed by atoms with Crippen LogP contribution in [0.15, 0.2) is 24.3 Å². The average Bonchev–Trinajstić information content (AvgIpc) is 3.00. The number of amides is 1. The van der Waals surface area contributed by atoms with Crippen molar-refractivity contribution in [2.75, 3.05) is 45.3 Å². The van der Waals surface area contributed by atoms with Gasteiger partial charge in [0.1, 0.15) is 0 Å². The number of carbonyl (C=O) groups is 1. The van der Waals surface area contributed by atoms with Crippen molar-refractivity contribution in [1.29, 1.82) is 0 Å². The molecule has 1 saturated heterocycles. The second kappa shape index (κ2) is 6.55. The molecule has 122 valence electrons. The van der Waals surface area contributed by atoms with Crippen LogP contribution < -0.4 is 4.90 Å². The predicted molar refractivity (Wildman–Crippen MR) is 87.4 cm³/mol. The summed E-state index contributed by atoms with van der Waals surface area (Å²) in [6.07, 6.45) is 0. The van der Waals surface area contributed by atoms with Crippen molar-refractivity contribution in [3.05, 3.63) is 35.0 Å². The number of carbonyl (C=O) groups excluding carboxylic acids is 1. The first-order valence-corrected chi connectivity index (χ1v) is 7.71. The summed E-state index contributed by atoms with van der Waals surface area (Å²) in [4.78, 5) is 17.4. The van der Waals surface area contributed by atoms with Crippen LogP contribution in [0.1, 0.15) is 10.5 Å². The summed E-state index contributed by atoms with van der Waals surface area (Å²) >= 11 is 5.92. The van der Waals surface area contributed by atoms with Gasteiger partial charge in [0.2, 0.25) is 0 Å². The largest absolute Gasteiger partial charge is 0.378 e. The first-order valence-electron chi connectivity index (χ1n) is 7.34. The molecule has 3 rings (SSSR count). The summed E-state index contributed by atoms with van der Waals surface area (Å²) < 4.78 is 5.37. The summed E-state index contributed by atoms with van der Waals surface area (Å²) in [6, 6.07) is 7.16. The molecule has 1 aromatic heterocycles. The Morgan fingerprint density at radius 1 is 1.17 bits per heavy atom. The van der Waals surface area contributed by atoms with Crippen LogP contribution in [0.25, 0.3) is 5.69 Å². The van der Waals surface area contributed by atoms with Crippen molar-refractivity contribution in [2.45, 2.75) is 0 Å². The van der Waals surface area contributed by atoms with E-state index in [2.05, 4.69) is 10.2 Å². The summed E-state index contributed by atoms with van der Waals surface area (Å²) in [7, 11) is 3.40. The van der Waals surface area contributed by atoms with Gasteiger partial charge in [0, 0.05) is 32.2 Å². The molecule has 0 N–H and O–H groups in total. The molecule has 1 aromatic carbocycles. The van der Waals surface area contributed by atoms with Crippen LogP contribution in [0.3, 0.4) is 0 Å². The third-order valence-electron chi connectivity index (χ3n) is 3.57. The molecule has 0 spiro atoms. The highest BCUT2D eigenvalue weighted by molar-refractivity contribution is 6.30. The van der Waals surface area contributed by atoms with E-state index in [1.807, 2.05) is 17.0 Å². The molecule has 8 heteroatoms. The Morgan fingerprint density at radius 2 is 1.83 bits per heavy atom. The number of anilines is 1. The molecule has 0 aliphatic carbocycles. The Labute approximate surface area is 139 Å². The topological polar surface area (TPSA) is 63.5 Å². The van der Waals surface area contributed by atoms with Crippen LogP contribution in [0, 0.1) is 0 Å². The molecule has 0 radical (unpaired) electrons. The molecule has 0 unspecified atom stereocenters. The molecule has 23 heavy (non-hydrogen) atoms. The normalized spacial score (nSPS) is 14.8. The van der Waals surface area contributed by atoms with E-state index in [0.717, 1.165) is 5.69 Å². The van der Waals surface area contributed by atoms with Crippen LogP contribution in [0.4, 0.5) is 5.82 Å². The first kappa shape index (κ1) is 15.8. The van der Waals surface area contributed by atoms with Crippen molar-refractivity contribution in [3.8, 4) is 5.69 Å². The maximum absolute atomic E-state index is 12.4. The number of ether oxygens (including phenoxy) is 1. The van der Waals surface area contributed by atoms with E-state index in [1.165, 1.54) is 9.70 Å². The zero-order valence-electron chi connectivity index (χ0n) is 13.1. The van der Waals surface area contributed by atoms with E-state index in [0.29, 0.717) is 42.8 Å². The standard InChI is InChI=1S/C15H18ClN5O2/c1-19(2)15(22)13-14(20-7-9-23-10-8-20)18-21(17-13)12-5-3-11(16)4-6-12/h3-6H,7-10H2,1-2H3. The molecule has 1 amide bonds. The number of hydrogen-bond donors (Lipinski definition) is 0. The van der Waals surface area contributed by atoms with Gasteiger partial charge < -0.3 is 14.5 Å². The summed E-state index contributed by atoms with van der Waals surface area (Å²) in [5.41, 5.74) is 1.09. The van der Waals surface area contributed by atoms with Gasteiger partial charge in [0.25, 0.3) is 5.91 Å². The zero-order valence-corrected chi connectivity index (χ0v) is 13.8. The molecular formula is C15H18ClN5O2. The average molecular weight is 336 g/mol. The second-order valence-corrected chi connectivity index (χ2v) is 5.87. The van der Waals surface area contributed by atoms with Crippen LogP contribution >= 0.6 is 11.6 Å². The third kappa shape index (κ3) is 3.30. The Balaban J connectivity index is 2.01. The number of halogens is 1. The maximum Gasteiger partial charge on any atom is 0.277 e. The smallest absolute Gasteiger partial charge is 0.277 e. The summed E-state index contributed by atoms with van der Waals surface area (Å²) in [5, 5.41) is 9.56. The quantitative estimate of drug-likeness (QED) is 0.849. The van der Waals surface area contributed by atoms with Crippen molar-refractivity contribution in [1.82, 2.24) is 19.9 Å². The summed E-state index contributed by atoms with van der Waals surface area (Å²) in [5.74, 6) is 0.411. The lowest BCUT2D eigenvalue weighted by atomic mass is 10.3. The Hall–Kier alpha value is -2.12. The van der Waals surface area contributed by atoms with E-state index >= 15 is 0 Å². The third-order valence-corrected chi connectivity index (χ3v) is 3.82. The van der Waals surface area contributed by atoms with Crippen LogP contribution in [-0.2, 0) is 4.74 Å². The SMILES string of the molecule is CN(C)C(=O)c1nn(-c2ccc(Cl)cc2)nc1N1CCOCC1. The minimum absolute atomic E-state index is 0.174. The molecule has 7 nitrogen and oxygen atoms in total. The molecule has 1 aliphatic heterocycles. The van der Waals surface area contributed by atoms with E-state index in [4.69, 9.17) is 16.3 Å². The second-order valence-electron chi connectivity index (χ2n) is 5.44. The Bertz CT molecular complexity index is 692. The van der Waals surface area contributed by atoms with Gasteiger partial charge >= 0.3 is 0 Å². The van der Waals surface area contributed by atoms with E-state index < -0.39 is 0 Å². The monoisotopic (exact) mass is 335 g/mol. The molecule has 1 fully saturated rings. The van der Waals surface area contributed by atoms with Gasteiger partial charge in [-0.05, 0) is 24.3 Å². The van der Waals surface area contributed by atoms with Crippen LogP contribution in [0.2, 0.25) is 5.02 Å². The summed E-state index contributed by atoms with van der Waals surface area (Å²) in [6.45, 7) is 2.60. The number of hydrogen-bond acceptors (Lipinski definition) is 5. The zero-order chi connectivity index (χ0) is 16.4. The number of morpholine rings is 1. The van der Waals surface area contributed by atoms with E-state index in [1.54, 1.807) is 26.2 Å². The fourth-order valence-electron chi connectivity index (χ4n) is 2.33. The van der Waals surface area contributed by atoms with Crippen molar-refractivity contribution < 1.29 is 9.53 Å². The number of rotatable bonds is 3. The lowest BCUT2D eigenvalue weighted by molar-refractivity contribution is 0.0820. The molecule has 0 bridgehead atoms. The van der Waals surface area contributed by atoms with Gasteiger partial charge in [-0.1, -0.05) is 11.6 Å². The maximum atomic E-state index is 12.4. The fraction of sp³-hybridized carbons (Fsp3) is 0.400. The number of benzene rings is 1. The minimum Gasteiger partial charge on any atom is -0.378 e. The number of aromatic nitrogens is 3. The van der Waals surface area contributed by atoms with Crippen molar-refractivity contribution in [3.63, 3.8) is 0 Å². The number of nitrogens with zero attached hydrogens (tertiary/aromatic N) is 5. The van der Waals surface area contributed by atoms with Crippen molar-refractivity contribution in [2.24, 2.45) is 0 Å². The van der Waals surface area contributed by atoms with E-state index in [9.17, 15) is 4.79 Å². The van der Waals surface area contributed by atoms with Gasteiger partial charge in [-0.3, -0.25) is 4.79 Å². The van der Waals surface area contributed by atoms with Gasteiger partial charge in [-0.25, -0.2) is 0 Å². The predicted octanol–water partition coefficient (Wildman–Crippen LogP) is 1.46. The molecule has 2 heterocycles. The van der Waals surface area contributed by atoms with E-state index in [-0.39, 0.29) is 5.91 Å².